The first kappa shape index (κ1) is 13.5. The Labute approximate surface area is 106 Å². The van der Waals surface area contributed by atoms with Crippen LogP contribution in [0.25, 0.3) is 0 Å². The van der Waals surface area contributed by atoms with Gasteiger partial charge in [-0.25, -0.2) is 8.42 Å². The Bertz CT molecular complexity index is 513. The van der Waals surface area contributed by atoms with Crippen LogP contribution in [-0.2, 0) is 14.6 Å². The third-order valence-corrected chi connectivity index (χ3v) is 4.72. The quantitative estimate of drug-likeness (QED) is 0.555. The third kappa shape index (κ3) is 2.57. The summed E-state index contributed by atoms with van der Waals surface area (Å²) in [6.07, 6.45) is 0. The van der Waals surface area contributed by atoms with Crippen LogP contribution in [0, 0.1) is 0 Å². The van der Waals surface area contributed by atoms with Crippen LogP contribution in [0.2, 0.25) is 0 Å². The molecule has 1 aliphatic heterocycles. The molecule has 0 saturated carbocycles. The topological polar surface area (TPSA) is 95.9 Å². The van der Waals surface area contributed by atoms with Gasteiger partial charge >= 0.3 is 7.12 Å². The number of hydrogen-bond donors (Lipinski definition) is 3. The maximum absolute atomic E-state index is 12.3. The van der Waals surface area contributed by atoms with Gasteiger partial charge in [0.15, 0.2) is 5.44 Å². The zero-order valence-corrected chi connectivity index (χ0v) is 10.4. The molecule has 8 heteroatoms. The summed E-state index contributed by atoms with van der Waals surface area (Å²) in [7, 11) is -5.57. The molecule has 0 amide bonds. The van der Waals surface area contributed by atoms with E-state index in [4.69, 9.17) is 4.74 Å². The fourth-order valence-electron chi connectivity index (χ4n) is 1.84. The number of benzene rings is 1. The third-order valence-electron chi connectivity index (χ3n) is 2.74. The van der Waals surface area contributed by atoms with Crippen molar-refractivity contribution in [2.45, 2.75) is 10.3 Å². The molecule has 1 atom stereocenters. The largest absolute Gasteiger partial charge is 0.489 e. The van der Waals surface area contributed by atoms with E-state index in [1.807, 2.05) is 0 Å². The van der Waals surface area contributed by atoms with Crippen LogP contribution in [0.1, 0.15) is 0 Å². The minimum absolute atomic E-state index is 0.0355. The lowest BCUT2D eigenvalue weighted by molar-refractivity contribution is 0.0785. The molecule has 1 aliphatic rings. The summed E-state index contributed by atoms with van der Waals surface area (Å²) in [6, 6.07) is 5.80. The Morgan fingerprint density at radius 3 is 2.67 bits per heavy atom. The molecule has 98 valence electrons. The van der Waals surface area contributed by atoms with E-state index in [0.29, 0.717) is 13.2 Å². The van der Waals surface area contributed by atoms with Crippen molar-refractivity contribution in [3.63, 3.8) is 0 Å². The minimum Gasteiger partial charge on any atom is -0.423 e. The second-order valence-corrected chi connectivity index (χ2v) is 6.02. The van der Waals surface area contributed by atoms with Crippen LogP contribution in [0.15, 0.2) is 29.2 Å². The zero-order chi connectivity index (χ0) is 13.2. The lowest BCUT2D eigenvalue weighted by Crippen LogP contribution is -2.45. The maximum Gasteiger partial charge on any atom is 0.489 e. The van der Waals surface area contributed by atoms with Crippen molar-refractivity contribution in [2.24, 2.45) is 0 Å². The van der Waals surface area contributed by atoms with Crippen molar-refractivity contribution in [1.29, 1.82) is 0 Å². The standard InChI is InChI=1S/C10H14BNO5S/c13-11(14)8-3-1-2-4-9(8)18(15,16)10-7-12-5-6-17-10/h1-4,10,12-14H,5-7H2. The first-order chi connectivity index (χ1) is 8.53. The van der Waals surface area contributed by atoms with Crippen molar-refractivity contribution in [2.75, 3.05) is 19.7 Å². The molecule has 1 aromatic rings. The Kier molecular flexibility index (Phi) is 4.03. The molecular weight excluding hydrogens is 257 g/mol. The molecule has 6 nitrogen and oxygen atoms in total. The lowest BCUT2D eigenvalue weighted by atomic mass is 9.80. The predicted octanol–water partition coefficient (Wildman–Crippen LogP) is -1.91. The fourth-order valence-corrected chi connectivity index (χ4v) is 3.50. The second kappa shape index (κ2) is 5.37. The molecule has 1 heterocycles. The van der Waals surface area contributed by atoms with Crippen LogP contribution in [-0.4, -0.2) is 50.7 Å². The van der Waals surface area contributed by atoms with Crippen molar-refractivity contribution in [3.8, 4) is 0 Å². The zero-order valence-electron chi connectivity index (χ0n) is 9.61. The van der Waals surface area contributed by atoms with Gasteiger partial charge in [-0.15, -0.1) is 0 Å². The van der Waals surface area contributed by atoms with Gasteiger partial charge in [0.1, 0.15) is 0 Å². The van der Waals surface area contributed by atoms with E-state index in [0.717, 1.165) is 0 Å². The summed E-state index contributed by atoms with van der Waals surface area (Å²) in [5, 5.41) is 21.3. The van der Waals surface area contributed by atoms with Gasteiger partial charge in [-0.05, 0) is 6.07 Å². The summed E-state index contributed by atoms with van der Waals surface area (Å²) in [4.78, 5) is -0.103. The average molecular weight is 271 g/mol. The van der Waals surface area contributed by atoms with Gasteiger partial charge in [0.25, 0.3) is 0 Å². The summed E-state index contributed by atoms with van der Waals surface area (Å²) in [5.41, 5.74) is -1.03. The molecule has 0 radical (unpaired) electrons. The van der Waals surface area contributed by atoms with Crippen LogP contribution in [0.3, 0.4) is 0 Å². The highest BCUT2D eigenvalue weighted by atomic mass is 32.2. The molecule has 0 aliphatic carbocycles. The highest BCUT2D eigenvalue weighted by Crippen LogP contribution is 2.16. The van der Waals surface area contributed by atoms with Crippen LogP contribution in [0.5, 0.6) is 0 Å². The molecule has 0 bridgehead atoms. The Balaban J connectivity index is 2.40. The van der Waals surface area contributed by atoms with E-state index in [9.17, 15) is 18.5 Å². The van der Waals surface area contributed by atoms with Crippen molar-refractivity contribution in [3.05, 3.63) is 24.3 Å². The molecular formula is C10H14BNO5S. The van der Waals surface area contributed by atoms with Crippen LogP contribution >= 0.6 is 0 Å². The normalized spacial score (nSPS) is 20.7. The molecule has 3 N–H and O–H groups in total. The second-order valence-electron chi connectivity index (χ2n) is 3.96. The van der Waals surface area contributed by atoms with Crippen LogP contribution < -0.4 is 10.8 Å². The van der Waals surface area contributed by atoms with Gasteiger partial charge in [0.05, 0.1) is 11.5 Å². The monoisotopic (exact) mass is 271 g/mol. The number of rotatable bonds is 3. The maximum atomic E-state index is 12.3. The van der Waals surface area contributed by atoms with Gasteiger partial charge in [0, 0.05) is 18.6 Å². The van der Waals surface area contributed by atoms with Gasteiger partial charge in [-0.2, -0.15) is 0 Å². The SMILES string of the molecule is O=S(=O)(c1ccccc1B(O)O)C1CNCCO1. The van der Waals surface area contributed by atoms with Crippen molar-refractivity contribution < 1.29 is 23.2 Å². The number of hydrogen-bond acceptors (Lipinski definition) is 6. The Morgan fingerprint density at radius 1 is 1.33 bits per heavy atom. The van der Waals surface area contributed by atoms with Crippen molar-refractivity contribution in [1.82, 2.24) is 5.32 Å². The highest BCUT2D eigenvalue weighted by molar-refractivity contribution is 7.92. The first-order valence-electron chi connectivity index (χ1n) is 5.55. The Hall–Kier alpha value is -0.925. The molecule has 1 unspecified atom stereocenters. The van der Waals surface area contributed by atoms with E-state index in [-0.39, 0.29) is 16.9 Å². The van der Waals surface area contributed by atoms with E-state index >= 15 is 0 Å². The van der Waals surface area contributed by atoms with E-state index in [1.54, 1.807) is 6.07 Å². The average Bonchev–Trinajstić information content (AvgIpc) is 2.39. The van der Waals surface area contributed by atoms with Gasteiger partial charge < -0.3 is 20.1 Å². The first-order valence-corrected chi connectivity index (χ1v) is 7.09. The number of sulfone groups is 1. The summed E-state index contributed by atoms with van der Waals surface area (Å²) < 4.78 is 29.9. The predicted molar refractivity (Wildman–Crippen MR) is 66.1 cm³/mol. The van der Waals surface area contributed by atoms with Crippen molar-refractivity contribution >= 4 is 22.4 Å². The highest BCUT2D eigenvalue weighted by Gasteiger charge is 2.33. The van der Waals surface area contributed by atoms with E-state index < -0.39 is 22.4 Å². The molecule has 1 saturated heterocycles. The summed E-state index contributed by atoms with van der Waals surface area (Å²) in [5.74, 6) is 0. The van der Waals surface area contributed by atoms with Gasteiger partial charge in [-0.1, -0.05) is 18.2 Å². The Morgan fingerprint density at radius 2 is 2.06 bits per heavy atom. The number of ether oxygens (including phenoxy) is 1. The smallest absolute Gasteiger partial charge is 0.423 e. The molecule has 18 heavy (non-hydrogen) atoms. The number of morpholine rings is 1. The van der Waals surface area contributed by atoms with Gasteiger partial charge in [0.2, 0.25) is 9.84 Å². The minimum atomic E-state index is -3.74. The molecule has 0 spiro atoms. The molecule has 0 aromatic heterocycles. The molecule has 2 rings (SSSR count). The lowest BCUT2D eigenvalue weighted by Gasteiger charge is -2.24. The van der Waals surface area contributed by atoms with E-state index in [2.05, 4.69) is 5.32 Å². The van der Waals surface area contributed by atoms with Crippen LogP contribution in [0.4, 0.5) is 0 Å². The fraction of sp³-hybridized carbons (Fsp3) is 0.400. The molecule has 1 aromatic carbocycles. The summed E-state index contributed by atoms with van der Waals surface area (Å²) >= 11 is 0. The van der Waals surface area contributed by atoms with E-state index in [1.165, 1.54) is 18.2 Å². The molecule has 1 fully saturated rings. The van der Waals surface area contributed by atoms with Gasteiger partial charge in [-0.3, -0.25) is 0 Å². The summed E-state index contributed by atoms with van der Waals surface area (Å²) in [6.45, 7) is 1.11. The number of nitrogens with one attached hydrogen (secondary N) is 1.